The van der Waals surface area contributed by atoms with E-state index in [0.717, 1.165) is 25.1 Å². The highest BCUT2D eigenvalue weighted by atomic mass is 32.1. The Balaban J connectivity index is 1.84. The van der Waals surface area contributed by atoms with Crippen LogP contribution in [0, 0.1) is 11.3 Å². The number of nitrogens with zero attached hydrogens (tertiary/aromatic N) is 1. The maximum atomic E-state index is 9.02. The molecule has 1 aromatic heterocycles. The monoisotopic (exact) mass is 272 g/mol. The van der Waals surface area contributed by atoms with Crippen molar-refractivity contribution in [3.05, 3.63) is 51.7 Å². The van der Waals surface area contributed by atoms with Crippen LogP contribution in [0.3, 0.4) is 0 Å². The highest BCUT2D eigenvalue weighted by Gasteiger charge is 2.03. The number of nitrogens with one attached hydrogen (secondary N) is 1. The molecule has 0 aliphatic carbocycles. The van der Waals surface area contributed by atoms with E-state index >= 15 is 0 Å². The zero-order valence-electron chi connectivity index (χ0n) is 10.8. The molecule has 1 N–H and O–H groups in total. The lowest BCUT2D eigenvalue weighted by atomic mass is 10.1. The Labute approximate surface area is 117 Å². The number of thiophene rings is 1. The molecule has 0 saturated heterocycles. The molecule has 2 rings (SSSR count). The summed E-state index contributed by atoms with van der Waals surface area (Å²) < 4.78 is 5.12. The van der Waals surface area contributed by atoms with Crippen molar-refractivity contribution in [3.63, 3.8) is 0 Å². The predicted octanol–water partition coefficient (Wildman–Crippen LogP) is 2.96. The molecule has 0 saturated carbocycles. The van der Waals surface area contributed by atoms with Crippen LogP contribution in [0.25, 0.3) is 0 Å². The largest absolute Gasteiger partial charge is 0.495 e. The maximum Gasteiger partial charge on any atom is 0.136 e. The van der Waals surface area contributed by atoms with E-state index in [1.165, 1.54) is 4.88 Å². The SMILES string of the molecule is COc1ccc(CNCCc2cccs2)cc1C#N. The van der Waals surface area contributed by atoms with Gasteiger partial charge in [-0.2, -0.15) is 5.26 Å². The van der Waals surface area contributed by atoms with Crippen molar-refractivity contribution in [2.45, 2.75) is 13.0 Å². The Hall–Kier alpha value is -1.83. The molecule has 3 nitrogen and oxygen atoms in total. The van der Waals surface area contributed by atoms with Crippen LogP contribution in [0.5, 0.6) is 5.75 Å². The fraction of sp³-hybridized carbons (Fsp3) is 0.267. The summed E-state index contributed by atoms with van der Waals surface area (Å²) in [4.78, 5) is 1.39. The Kier molecular flexibility index (Phi) is 4.96. The lowest BCUT2D eigenvalue weighted by Gasteiger charge is -2.07. The van der Waals surface area contributed by atoms with Gasteiger partial charge in [0.2, 0.25) is 0 Å². The standard InChI is InChI=1S/C15H16N2OS/c1-18-15-5-4-12(9-13(15)10-16)11-17-7-6-14-3-2-8-19-14/h2-5,8-9,17H,6-7,11H2,1H3. The van der Waals surface area contributed by atoms with E-state index in [-0.39, 0.29) is 0 Å². The molecular formula is C15H16N2OS. The first-order valence-corrected chi connectivity index (χ1v) is 7.01. The van der Waals surface area contributed by atoms with E-state index in [9.17, 15) is 0 Å². The Bertz CT molecular complexity index is 558. The Morgan fingerprint density at radius 1 is 1.37 bits per heavy atom. The van der Waals surface area contributed by atoms with Crippen molar-refractivity contribution in [1.82, 2.24) is 5.32 Å². The van der Waals surface area contributed by atoms with Crippen molar-refractivity contribution >= 4 is 11.3 Å². The molecule has 4 heteroatoms. The molecule has 0 radical (unpaired) electrons. The van der Waals surface area contributed by atoms with Gasteiger partial charge in [-0.3, -0.25) is 0 Å². The third-order valence-electron chi connectivity index (χ3n) is 2.84. The molecular weight excluding hydrogens is 256 g/mol. The summed E-state index contributed by atoms with van der Waals surface area (Å²) in [6.07, 6.45) is 1.04. The van der Waals surface area contributed by atoms with Crippen LogP contribution >= 0.6 is 11.3 Å². The van der Waals surface area contributed by atoms with Crippen molar-refractivity contribution < 1.29 is 4.74 Å². The average molecular weight is 272 g/mol. The summed E-state index contributed by atoms with van der Waals surface area (Å²) in [5.41, 5.74) is 1.68. The van der Waals surface area contributed by atoms with Gasteiger partial charge in [0.1, 0.15) is 11.8 Å². The first-order valence-electron chi connectivity index (χ1n) is 6.13. The van der Waals surface area contributed by atoms with E-state index in [1.54, 1.807) is 18.4 Å². The zero-order valence-corrected chi connectivity index (χ0v) is 11.7. The Morgan fingerprint density at radius 2 is 2.26 bits per heavy atom. The first-order chi connectivity index (χ1) is 9.33. The van der Waals surface area contributed by atoms with Gasteiger partial charge in [-0.1, -0.05) is 12.1 Å². The summed E-state index contributed by atoms with van der Waals surface area (Å²) in [6.45, 7) is 1.71. The summed E-state index contributed by atoms with van der Waals surface area (Å²) in [5, 5.41) is 14.5. The molecule has 0 fully saturated rings. The lowest BCUT2D eigenvalue weighted by molar-refractivity contribution is 0.413. The summed E-state index contributed by atoms with van der Waals surface area (Å²) in [5.74, 6) is 0.629. The number of hydrogen-bond donors (Lipinski definition) is 1. The third-order valence-corrected chi connectivity index (χ3v) is 3.78. The topological polar surface area (TPSA) is 45.0 Å². The molecule has 2 aromatic rings. The number of rotatable bonds is 6. The second-order valence-electron chi connectivity index (χ2n) is 4.15. The third kappa shape index (κ3) is 3.82. The van der Waals surface area contributed by atoms with Crippen molar-refractivity contribution in [2.75, 3.05) is 13.7 Å². The molecule has 98 valence electrons. The molecule has 1 aromatic carbocycles. The minimum atomic E-state index is 0.583. The van der Waals surface area contributed by atoms with E-state index in [1.807, 2.05) is 18.2 Å². The van der Waals surface area contributed by atoms with Crippen LogP contribution < -0.4 is 10.1 Å². The summed E-state index contributed by atoms with van der Waals surface area (Å²) in [6, 6.07) is 12.1. The van der Waals surface area contributed by atoms with E-state index in [4.69, 9.17) is 10.00 Å². The van der Waals surface area contributed by atoms with Gasteiger partial charge in [0, 0.05) is 18.0 Å². The van der Waals surface area contributed by atoms with E-state index < -0.39 is 0 Å². The number of hydrogen-bond acceptors (Lipinski definition) is 4. The van der Waals surface area contributed by atoms with Gasteiger partial charge in [-0.25, -0.2) is 0 Å². The van der Waals surface area contributed by atoms with Gasteiger partial charge in [-0.15, -0.1) is 11.3 Å². The van der Waals surface area contributed by atoms with Crippen molar-refractivity contribution in [1.29, 1.82) is 5.26 Å². The molecule has 0 aliphatic heterocycles. The number of ether oxygens (including phenoxy) is 1. The van der Waals surface area contributed by atoms with Gasteiger partial charge in [0.25, 0.3) is 0 Å². The lowest BCUT2D eigenvalue weighted by Crippen LogP contribution is -2.16. The predicted molar refractivity (Wildman–Crippen MR) is 77.4 cm³/mol. The molecule has 1 heterocycles. The highest BCUT2D eigenvalue weighted by molar-refractivity contribution is 7.09. The minimum absolute atomic E-state index is 0.583. The smallest absolute Gasteiger partial charge is 0.136 e. The molecule has 0 spiro atoms. The number of benzene rings is 1. The van der Waals surface area contributed by atoms with Crippen LogP contribution in [0.15, 0.2) is 35.7 Å². The van der Waals surface area contributed by atoms with E-state index in [2.05, 4.69) is 28.9 Å². The quantitative estimate of drug-likeness (QED) is 0.822. The highest BCUT2D eigenvalue weighted by Crippen LogP contribution is 2.18. The number of nitriles is 1. The van der Waals surface area contributed by atoms with E-state index in [0.29, 0.717) is 11.3 Å². The second kappa shape index (κ2) is 6.93. The van der Waals surface area contributed by atoms with Crippen LogP contribution in [0.1, 0.15) is 16.0 Å². The maximum absolute atomic E-state index is 9.02. The molecule has 0 unspecified atom stereocenters. The molecule has 19 heavy (non-hydrogen) atoms. The van der Waals surface area contributed by atoms with Crippen molar-refractivity contribution in [3.8, 4) is 11.8 Å². The van der Waals surface area contributed by atoms with Gasteiger partial charge < -0.3 is 10.1 Å². The second-order valence-corrected chi connectivity index (χ2v) is 5.18. The summed E-state index contributed by atoms with van der Waals surface area (Å²) in [7, 11) is 1.58. The minimum Gasteiger partial charge on any atom is -0.495 e. The average Bonchev–Trinajstić information content (AvgIpc) is 2.96. The van der Waals surface area contributed by atoms with Crippen LogP contribution in [0.2, 0.25) is 0 Å². The molecule has 0 aliphatic rings. The Morgan fingerprint density at radius 3 is 2.95 bits per heavy atom. The van der Waals surface area contributed by atoms with Gasteiger partial charge in [0.15, 0.2) is 0 Å². The number of methoxy groups -OCH3 is 1. The van der Waals surface area contributed by atoms with Gasteiger partial charge in [-0.05, 0) is 35.6 Å². The molecule has 0 amide bonds. The molecule has 0 bridgehead atoms. The fourth-order valence-electron chi connectivity index (χ4n) is 1.85. The normalized spacial score (nSPS) is 10.1. The van der Waals surface area contributed by atoms with Crippen molar-refractivity contribution in [2.24, 2.45) is 0 Å². The van der Waals surface area contributed by atoms with Gasteiger partial charge in [0.05, 0.1) is 12.7 Å². The van der Waals surface area contributed by atoms with Crippen LogP contribution in [-0.2, 0) is 13.0 Å². The summed E-state index contributed by atoms with van der Waals surface area (Å²) >= 11 is 1.78. The zero-order chi connectivity index (χ0) is 13.5. The molecule has 0 atom stereocenters. The van der Waals surface area contributed by atoms with Crippen LogP contribution in [0.4, 0.5) is 0 Å². The van der Waals surface area contributed by atoms with Crippen LogP contribution in [-0.4, -0.2) is 13.7 Å². The fourth-order valence-corrected chi connectivity index (χ4v) is 2.56. The van der Waals surface area contributed by atoms with Gasteiger partial charge >= 0.3 is 0 Å². The first kappa shape index (κ1) is 13.6.